The highest BCUT2D eigenvalue weighted by molar-refractivity contribution is 7.47. The monoisotopic (exact) mass is 825 g/mol. The standard InChI is InChI=1S/C46H81O10P/c1-3-5-7-9-11-13-15-17-19-21-23-25-27-29-31-33-35-37-45(49)55-43(39-47)41-53-57(51,52)54-42-44(40-48)56-46(50)38-36-34-32-30-28-26-24-22-20-18-16-14-12-10-8-6-4-2/h5,7,11,13,17,19,23,25,29,31,43-44,47-48H,3-4,6,8-10,12,14-16,18,20-22,24,26-28,30,32-42H2,1-2H3,(H,51,52)/b7-5-,13-11-,19-17-,25-23-,31-29-. The fraction of sp³-hybridized carbons (Fsp3) is 0.739. The third-order valence-electron chi connectivity index (χ3n) is 9.24. The van der Waals surface area contributed by atoms with E-state index in [9.17, 15) is 29.3 Å². The molecule has 0 radical (unpaired) electrons. The maximum absolute atomic E-state index is 12.4. The topological polar surface area (TPSA) is 149 Å². The molecule has 0 amide bonds. The number of aliphatic hydroxyl groups excluding tert-OH is 2. The van der Waals surface area contributed by atoms with Gasteiger partial charge in [-0.25, -0.2) is 4.57 Å². The van der Waals surface area contributed by atoms with Gasteiger partial charge in [-0.2, -0.15) is 0 Å². The van der Waals surface area contributed by atoms with E-state index in [0.717, 1.165) is 51.4 Å². The van der Waals surface area contributed by atoms with E-state index in [4.69, 9.17) is 18.5 Å². The van der Waals surface area contributed by atoms with Gasteiger partial charge in [-0.15, -0.1) is 0 Å². The molecule has 0 spiro atoms. The molecule has 0 rings (SSSR count). The van der Waals surface area contributed by atoms with Gasteiger partial charge in [0.1, 0.15) is 12.2 Å². The Hall–Kier alpha value is -2.33. The molecule has 0 saturated heterocycles. The summed E-state index contributed by atoms with van der Waals surface area (Å²) in [4.78, 5) is 34.5. The molecule has 0 aliphatic carbocycles. The lowest BCUT2D eigenvalue weighted by Crippen LogP contribution is -2.28. The van der Waals surface area contributed by atoms with E-state index in [1.165, 1.54) is 83.5 Å². The Morgan fingerprint density at radius 1 is 0.491 bits per heavy atom. The van der Waals surface area contributed by atoms with Crippen LogP contribution in [0.15, 0.2) is 60.8 Å². The van der Waals surface area contributed by atoms with Gasteiger partial charge in [0.2, 0.25) is 0 Å². The number of allylic oxidation sites excluding steroid dienone is 10. The number of phosphoric acid groups is 1. The van der Waals surface area contributed by atoms with Crippen LogP contribution in [0.3, 0.4) is 0 Å². The molecule has 57 heavy (non-hydrogen) atoms. The number of esters is 2. The van der Waals surface area contributed by atoms with Crippen molar-refractivity contribution in [3.8, 4) is 0 Å². The summed E-state index contributed by atoms with van der Waals surface area (Å²) in [6.07, 6.45) is 46.3. The zero-order chi connectivity index (χ0) is 41.9. The lowest BCUT2D eigenvalue weighted by molar-refractivity contribution is -0.153. The molecular weight excluding hydrogens is 743 g/mol. The Morgan fingerprint density at radius 2 is 0.825 bits per heavy atom. The predicted molar refractivity (Wildman–Crippen MR) is 233 cm³/mol. The van der Waals surface area contributed by atoms with Crippen LogP contribution in [-0.2, 0) is 32.7 Å². The molecule has 0 saturated carbocycles. The maximum atomic E-state index is 12.4. The second kappa shape index (κ2) is 41.8. The SMILES string of the molecule is CC/C=C\C/C=C\C/C=C\C/C=C\C/C=C\CCCC(=O)OC(CO)COP(=O)(O)OCC(CO)OC(=O)CCCCCCCCCCCCCCCCCCC. The van der Waals surface area contributed by atoms with Crippen LogP contribution in [0, 0.1) is 0 Å². The molecular formula is C46H81O10P. The highest BCUT2D eigenvalue weighted by Crippen LogP contribution is 2.43. The molecule has 0 aliphatic rings. The number of unbranched alkanes of at least 4 members (excludes halogenated alkanes) is 17. The summed E-state index contributed by atoms with van der Waals surface area (Å²) >= 11 is 0. The van der Waals surface area contributed by atoms with Gasteiger partial charge in [0.25, 0.3) is 0 Å². The number of carbonyl (C=O) groups excluding carboxylic acids is 2. The smallest absolute Gasteiger partial charge is 0.457 e. The Bertz CT molecular complexity index is 1130. The molecule has 3 atom stereocenters. The minimum Gasteiger partial charge on any atom is -0.457 e. The zero-order valence-electron chi connectivity index (χ0n) is 35.8. The summed E-state index contributed by atoms with van der Waals surface area (Å²) in [7, 11) is -4.65. The first-order chi connectivity index (χ1) is 27.8. The van der Waals surface area contributed by atoms with Gasteiger partial charge in [-0.05, 0) is 51.4 Å². The maximum Gasteiger partial charge on any atom is 0.472 e. The molecule has 3 unspecified atom stereocenters. The van der Waals surface area contributed by atoms with E-state index < -0.39 is 58.4 Å². The summed E-state index contributed by atoms with van der Waals surface area (Å²) in [5.41, 5.74) is 0. The average Bonchev–Trinajstić information content (AvgIpc) is 3.20. The molecule has 10 nitrogen and oxygen atoms in total. The average molecular weight is 825 g/mol. The first-order valence-corrected chi connectivity index (χ1v) is 23.7. The van der Waals surface area contributed by atoms with Crippen LogP contribution >= 0.6 is 7.82 Å². The van der Waals surface area contributed by atoms with Crippen LogP contribution in [-0.4, -0.2) is 65.7 Å². The van der Waals surface area contributed by atoms with Gasteiger partial charge in [-0.1, -0.05) is 177 Å². The lowest BCUT2D eigenvalue weighted by atomic mass is 10.0. The van der Waals surface area contributed by atoms with Gasteiger partial charge in [0.15, 0.2) is 0 Å². The number of carbonyl (C=O) groups is 2. The summed E-state index contributed by atoms with van der Waals surface area (Å²) < 4.78 is 32.5. The predicted octanol–water partition coefficient (Wildman–Crippen LogP) is 11.9. The quantitative estimate of drug-likeness (QED) is 0.0235. The van der Waals surface area contributed by atoms with E-state index in [1.807, 2.05) is 12.2 Å². The molecule has 0 aromatic carbocycles. The van der Waals surface area contributed by atoms with Crippen LogP contribution < -0.4 is 0 Å². The second-order valence-corrected chi connectivity index (χ2v) is 16.1. The van der Waals surface area contributed by atoms with Crippen LogP contribution in [0.4, 0.5) is 0 Å². The van der Waals surface area contributed by atoms with E-state index in [1.54, 1.807) is 0 Å². The highest BCUT2D eigenvalue weighted by Gasteiger charge is 2.27. The molecule has 11 heteroatoms. The molecule has 0 aliphatic heterocycles. The fourth-order valence-corrected chi connectivity index (χ4v) is 6.64. The Kier molecular flexibility index (Phi) is 40.1. The van der Waals surface area contributed by atoms with E-state index in [2.05, 4.69) is 62.5 Å². The molecule has 0 heterocycles. The van der Waals surface area contributed by atoms with Crippen molar-refractivity contribution in [1.82, 2.24) is 0 Å². The van der Waals surface area contributed by atoms with E-state index in [-0.39, 0.29) is 12.8 Å². The minimum atomic E-state index is -4.65. The number of phosphoric ester groups is 1. The van der Waals surface area contributed by atoms with Gasteiger partial charge in [-0.3, -0.25) is 18.6 Å². The number of rotatable bonds is 41. The van der Waals surface area contributed by atoms with Crippen molar-refractivity contribution in [2.24, 2.45) is 0 Å². The third kappa shape index (κ3) is 40.2. The molecule has 0 aromatic rings. The first-order valence-electron chi connectivity index (χ1n) is 22.2. The molecule has 0 fully saturated rings. The van der Waals surface area contributed by atoms with Crippen molar-refractivity contribution >= 4 is 19.8 Å². The third-order valence-corrected chi connectivity index (χ3v) is 10.2. The number of ether oxygens (including phenoxy) is 2. The summed E-state index contributed by atoms with van der Waals surface area (Å²) in [5.74, 6) is -1.08. The normalized spacial score (nSPS) is 14.4. The van der Waals surface area contributed by atoms with Crippen LogP contribution in [0.5, 0.6) is 0 Å². The van der Waals surface area contributed by atoms with E-state index in [0.29, 0.717) is 19.3 Å². The van der Waals surface area contributed by atoms with Crippen molar-refractivity contribution in [3.63, 3.8) is 0 Å². The summed E-state index contributed by atoms with van der Waals surface area (Å²) in [6.45, 7) is 2.04. The van der Waals surface area contributed by atoms with Gasteiger partial charge >= 0.3 is 19.8 Å². The van der Waals surface area contributed by atoms with Crippen molar-refractivity contribution in [2.75, 3.05) is 26.4 Å². The summed E-state index contributed by atoms with van der Waals surface area (Å²) in [5, 5.41) is 19.2. The molecule has 0 aromatic heterocycles. The largest absolute Gasteiger partial charge is 0.472 e. The minimum absolute atomic E-state index is 0.112. The Labute approximate surface area is 346 Å². The summed E-state index contributed by atoms with van der Waals surface area (Å²) in [6, 6.07) is 0. The molecule has 3 N–H and O–H groups in total. The Morgan fingerprint density at radius 3 is 1.19 bits per heavy atom. The number of hydrogen-bond acceptors (Lipinski definition) is 9. The van der Waals surface area contributed by atoms with Crippen molar-refractivity contribution in [1.29, 1.82) is 0 Å². The van der Waals surface area contributed by atoms with Crippen LogP contribution in [0.1, 0.15) is 181 Å². The van der Waals surface area contributed by atoms with Crippen molar-refractivity contribution in [2.45, 2.75) is 193 Å². The van der Waals surface area contributed by atoms with Crippen molar-refractivity contribution in [3.05, 3.63) is 60.8 Å². The number of aliphatic hydroxyl groups is 2. The number of hydrogen-bond donors (Lipinski definition) is 3. The van der Waals surface area contributed by atoms with Gasteiger partial charge < -0.3 is 24.6 Å². The highest BCUT2D eigenvalue weighted by atomic mass is 31.2. The molecule has 0 bridgehead atoms. The molecule has 330 valence electrons. The Balaban J connectivity index is 3.98. The fourth-order valence-electron chi connectivity index (χ4n) is 5.86. The first kappa shape index (κ1) is 54.7. The second-order valence-electron chi connectivity index (χ2n) is 14.7. The zero-order valence-corrected chi connectivity index (χ0v) is 36.7. The van der Waals surface area contributed by atoms with Gasteiger partial charge in [0, 0.05) is 12.8 Å². The van der Waals surface area contributed by atoms with Crippen LogP contribution in [0.2, 0.25) is 0 Å². The van der Waals surface area contributed by atoms with Gasteiger partial charge in [0.05, 0.1) is 26.4 Å². The van der Waals surface area contributed by atoms with Crippen LogP contribution in [0.25, 0.3) is 0 Å². The van der Waals surface area contributed by atoms with E-state index >= 15 is 0 Å². The lowest BCUT2D eigenvalue weighted by Gasteiger charge is -2.20. The van der Waals surface area contributed by atoms with Crippen molar-refractivity contribution < 1.29 is 47.8 Å².